The topological polar surface area (TPSA) is 42.4 Å². The number of carbonyl (C=O) groups is 1. The molecule has 0 aromatic carbocycles. The molecule has 0 radical (unpaired) electrons. The third-order valence-corrected chi connectivity index (χ3v) is 5.67. The van der Waals surface area contributed by atoms with Crippen LogP contribution >= 0.6 is 22.7 Å². The number of hydrogen-bond donors (Lipinski definition) is 0. The number of ether oxygens (including phenoxy) is 1. The number of aromatic nitrogens is 1. The Morgan fingerprint density at radius 1 is 1.41 bits per heavy atom. The summed E-state index contributed by atoms with van der Waals surface area (Å²) in [5.74, 6) is 0.173. The van der Waals surface area contributed by atoms with Crippen molar-refractivity contribution in [2.45, 2.75) is 32.2 Å². The van der Waals surface area contributed by atoms with Gasteiger partial charge in [0.15, 0.2) is 5.69 Å². The van der Waals surface area contributed by atoms with E-state index < -0.39 is 0 Å². The summed E-state index contributed by atoms with van der Waals surface area (Å²) in [5, 5.41) is 7.26. The first-order chi connectivity index (χ1) is 10.8. The number of thiophene rings is 1. The lowest BCUT2D eigenvalue weighted by Crippen LogP contribution is -2.32. The summed E-state index contributed by atoms with van der Waals surface area (Å²) < 4.78 is 5.00. The number of esters is 1. The van der Waals surface area contributed by atoms with Crippen LogP contribution in [0.4, 0.5) is 0 Å². The fraction of sp³-hybridized carbons (Fsp3) is 0.500. The Balaban J connectivity index is 1.54. The normalized spacial score (nSPS) is 16.8. The van der Waals surface area contributed by atoms with Crippen molar-refractivity contribution in [3.63, 3.8) is 0 Å². The van der Waals surface area contributed by atoms with Crippen LogP contribution in [-0.2, 0) is 11.3 Å². The van der Waals surface area contributed by atoms with Crippen LogP contribution in [0.5, 0.6) is 0 Å². The second-order valence-electron chi connectivity index (χ2n) is 5.47. The fourth-order valence-electron chi connectivity index (χ4n) is 2.75. The largest absolute Gasteiger partial charge is 0.461 e. The van der Waals surface area contributed by atoms with E-state index in [9.17, 15) is 4.79 Å². The number of piperidine rings is 1. The molecule has 2 aromatic heterocycles. The molecular formula is C16H20N2O2S2. The highest BCUT2D eigenvalue weighted by Crippen LogP contribution is 2.31. The molecule has 1 saturated heterocycles. The molecular weight excluding hydrogens is 316 g/mol. The second kappa shape index (κ2) is 7.35. The summed E-state index contributed by atoms with van der Waals surface area (Å²) in [6, 6.07) is 2.20. The molecule has 6 heteroatoms. The standard InChI is InChI=1S/C16H20N2O2S2/c1-2-20-16(19)14-11-22-15(17-14)13-3-6-18(7-4-13)9-12-5-8-21-10-12/h5,8,10-11,13H,2-4,6-7,9H2,1H3. The van der Waals surface area contributed by atoms with Crippen LogP contribution in [0.25, 0.3) is 0 Å². The molecule has 0 aliphatic carbocycles. The maximum absolute atomic E-state index is 11.7. The molecule has 0 bridgehead atoms. The molecule has 0 spiro atoms. The van der Waals surface area contributed by atoms with Gasteiger partial charge in [0, 0.05) is 17.8 Å². The van der Waals surface area contributed by atoms with Crippen LogP contribution in [0.15, 0.2) is 22.2 Å². The van der Waals surface area contributed by atoms with Crippen molar-refractivity contribution < 1.29 is 9.53 Å². The summed E-state index contributed by atoms with van der Waals surface area (Å²) in [7, 11) is 0. The van der Waals surface area contributed by atoms with Crippen LogP contribution < -0.4 is 0 Å². The molecule has 118 valence electrons. The van der Waals surface area contributed by atoms with Gasteiger partial charge < -0.3 is 4.74 Å². The molecule has 0 atom stereocenters. The van der Waals surface area contributed by atoms with Crippen LogP contribution in [-0.4, -0.2) is 35.5 Å². The zero-order valence-corrected chi connectivity index (χ0v) is 14.3. The van der Waals surface area contributed by atoms with E-state index in [4.69, 9.17) is 4.74 Å². The van der Waals surface area contributed by atoms with E-state index in [1.54, 1.807) is 22.7 Å². The lowest BCUT2D eigenvalue weighted by Gasteiger charge is -2.30. The minimum absolute atomic E-state index is 0.306. The zero-order chi connectivity index (χ0) is 15.4. The number of thiazole rings is 1. The molecule has 0 N–H and O–H groups in total. The molecule has 1 fully saturated rings. The van der Waals surface area contributed by atoms with Crippen molar-refractivity contribution >= 4 is 28.6 Å². The number of nitrogens with zero attached hydrogens (tertiary/aromatic N) is 2. The highest BCUT2D eigenvalue weighted by molar-refractivity contribution is 7.10. The summed E-state index contributed by atoms with van der Waals surface area (Å²) in [5.41, 5.74) is 1.87. The average molecular weight is 336 g/mol. The third-order valence-electron chi connectivity index (χ3n) is 3.93. The maximum atomic E-state index is 11.7. The molecule has 1 aliphatic rings. The van der Waals surface area contributed by atoms with Gasteiger partial charge in [-0.05, 0) is 55.2 Å². The van der Waals surface area contributed by atoms with Crippen molar-refractivity contribution in [1.82, 2.24) is 9.88 Å². The number of hydrogen-bond acceptors (Lipinski definition) is 6. The molecule has 22 heavy (non-hydrogen) atoms. The van der Waals surface area contributed by atoms with Gasteiger partial charge in [-0.25, -0.2) is 9.78 Å². The van der Waals surface area contributed by atoms with Crippen LogP contribution in [0.1, 0.15) is 46.7 Å². The summed E-state index contributed by atoms with van der Waals surface area (Å²) >= 11 is 3.34. The molecule has 0 saturated carbocycles. The van der Waals surface area contributed by atoms with Crippen molar-refractivity contribution in [3.05, 3.63) is 38.5 Å². The predicted molar refractivity (Wildman–Crippen MR) is 89.6 cm³/mol. The Labute approximate surface area is 138 Å². The minimum Gasteiger partial charge on any atom is -0.461 e. The second-order valence-corrected chi connectivity index (χ2v) is 7.14. The highest BCUT2D eigenvalue weighted by atomic mass is 32.1. The van der Waals surface area contributed by atoms with E-state index in [0.717, 1.165) is 37.5 Å². The van der Waals surface area contributed by atoms with Crippen molar-refractivity contribution in [2.75, 3.05) is 19.7 Å². The first kappa shape index (κ1) is 15.6. The summed E-state index contributed by atoms with van der Waals surface area (Å²) in [6.07, 6.45) is 2.22. The number of carbonyl (C=O) groups excluding carboxylic acids is 1. The van der Waals surface area contributed by atoms with Crippen molar-refractivity contribution in [2.24, 2.45) is 0 Å². The van der Waals surface area contributed by atoms with Gasteiger partial charge in [0.2, 0.25) is 0 Å². The quantitative estimate of drug-likeness (QED) is 0.780. The predicted octanol–water partition coefficient (Wildman–Crippen LogP) is 3.76. The molecule has 3 rings (SSSR count). The van der Waals surface area contributed by atoms with Gasteiger partial charge in [-0.2, -0.15) is 11.3 Å². The molecule has 0 amide bonds. The van der Waals surface area contributed by atoms with E-state index in [1.807, 2.05) is 12.3 Å². The third kappa shape index (κ3) is 3.74. The number of rotatable bonds is 5. The molecule has 0 unspecified atom stereocenters. The van der Waals surface area contributed by atoms with Gasteiger partial charge in [-0.3, -0.25) is 4.90 Å². The first-order valence-corrected chi connectivity index (χ1v) is 9.44. The molecule has 2 aromatic rings. The van der Waals surface area contributed by atoms with Gasteiger partial charge in [0.25, 0.3) is 0 Å². The lowest BCUT2D eigenvalue weighted by atomic mass is 9.97. The minimum atomic E-state index is -0.306. The molecule has 3 heterocycles. The van der Waals surface area contributed by atoms with Crippen LogP contribution in [0, 0.1) is 0 Å². The van der Waals surface area contributed by atoms with E-state index in [1.165, 1.54) is 5.56 Å². The van der Waals surface area contributed by atoms with Crippen LogP contribution in [0.3, 0.4) is 0 Å². The van der Waals surface area contributed by atoms with Gasteiger partial charge in [0.1, 0.15) is 0 Å². The van der Waals surface area contributed by atoms with Gasteiger partial charge in [-0.15, -0.1) is 11.3 Å². The Kier molecular flexibility index (Phi) is 5.23. The monoisotopic (exact) mass is 336 g/mol. The Morgan fingerprint density at radius 3 is 2.91 bits per heavy atom. The fourth-order valence-corrected chi connectivity index (χ4v) is 4.37. The van der Waals surface area contributed by atoms with E-state index >= 15 is 0 Å². The van der Waals surface area contributed by atoms with Crippen LogP contribution in [0.2, 0.25) is 0 Å². The average Bonchev–Trinajstić information content (AvgIpc) is 3.19. The smallest absolute Gasteiger partial charge is 0.357 e. The summed E-state index contributed by atoms with van der Waals surface area (Å²) in [6.45, 7) is 5.44. The summed E-state index contributed by atoms with van der Waals surface area (Å²) in [4.78, 5) is 18.7. The maximum Gasteiger partial charge on any atom is 0.357 e. The zero-order valence-electron chi connectivity index (χ0n) is 12.7. The van der Waals surface area contributed by atoms with Crippen molar-refractivity contribution in [1.29, 1.82) is 0 Å². The lowest BCUT2D eigenvalue weighted by molar-refractivity contribution is 0.0520. The molecule has 1 aliphatic heterocycles. The first-order valence-electron chi connectivity index (χ1n) is 7.62. The molecule has 4 nitrogen and oxygen atoms in total. The van der Waals surface area contributed by atoms with Gasteiger partial charge >= 0.3 is 5.97 Å². The van der Waals surface area contributed by atoms with Gasteiger partial charge in [-0.1, -0.05) is 0 Å². The van der Waals surface area contributed by atoms with E-state index in [2.05, 4.69) is 26.7 Å². The number of likely N-dealkylation sites (tertiary alicyclic amines) is 1. The van der Waals surface area contributed by atoms with Crippen molar-refractivity contribution in [3.8, 4) is 0 Å². The Bertz CT molecular complexity index is 601. The Hall–Kier alpha value is -1.24. The highest BCUT2D eigenvalue weighted by Gasteiger charge is 2.24. The van der Waals surface area contributed by atoms with Gasteiger partial charge in [0.05, 0.1) is 11.6 Å². The Morgan fingerprint density at radius 2 is 2.23 bits per heavy atom. The van der Waals surface area contributed by atoms with E-state index in [-0.39, 0.29) is 5.97 Å². The van der Waals surface area contributed by atoms with E-state index in [0.29, 0.717) is 18.2 Å². The SMILES string of the molecule is CCOC(=O)c1csc(C2CCN(Cc3ccsc3)CC2)n1.